The van der Waals surface area contributed by atoms with E-state index in [4.69, 9.17) is 0 Å². The summed E-state index contributed by atoms with van der Waals surface area (Å²) in [7, 11) is 0. The molecule has 0 unspecified atom stereocenters. The molecule has 0 spiro atoms. The number of hydrogen-bond donors (Lipinski definition) is 2. The van der Waals surface area contributed by atoms with Gasteiger partial charge in [-0.25, -0.2) is 4.98 Å². The van der Waals surface area contributed by atoms with E-state index in [1.807, 2.05) is 60.7 Å². The van der Waals surface area contributed by atoms with Crippen molar-refractivity contribution in [3.63, 3.8) is 0 Å². The molecule has 3 aromatic rings. The molecule has 0 aliphatic rings. The zero-order valence-electron chi connectivity index (χ0n) is 15.1. The summed E-state index contributed by atoms with van der Waals surface area (Å²) < 4.78 is 0. The van der Waals surface area contributed by atoms with Crippen LogP contribution in [0.2, 0.25) is 0 Å². The van der Waals surface area contributed by atoms with E-state index in [0.29, 0.717) is 11.6 Å². The van der Waals surface area contributed by atoms with Gasteiger partial charge in [0.05, 0.1) is 0 Å². The van der Waals surface area contributed by atoms with Crippen LogP contribution in [-0.2, 0) is 9.59 Å². The second-order valence-corrected chi connectivity index (χ2v) is 5.87. The van der Waals surface area contributed by atoms with Gasteiger partial charge < -0.3 is 10.6 Å². The van der Waals surface area contributed by atoms with Crippen molar-refractivity contribution in [1.29, 1.82) is 0 Å². The maximum Gasteiger partial charge on any atom is 0.249 e. The van der Waals surface area contributed by atoms with Crippen LogP contribution in [0, 0.1) is 0 Å². The SMILES string of the molecule is O=C(C=Cc1ccccc1)Nc1cccc(NC(=O)C=Cc2ccccc2)n1. The van der Waals surface area contributed by atoms with Crippen LogP contribution in [0.3, 0.4) is 0 Å². The highest BCUT2D eigenvalue weighted by molar-refractivity contribution is 6.03. The summed E-state index contributed by atoms with van der Waals surface area (Å²) in [5, 5.41) is 5.35. The van der Waals surface area contributed by atoms with Gasteiger partial charge in [-0.2, -0.15) is 0 Å². The summed E-state index contributed by atoms with van der Waals surface area (Å²) in [6.07, 6.45) is 6.31. The van der Waals surface area contributed by atoms with Gasteiger partial charge >= 0.3 is 0 Å². The summed E-state index contributed by atoms with van der Waals surface area (Å²) in [6, 6.07) is 24.1. The molecule has 5 nitrogen and oxygen atoms in total. The van der Waals surface area contributed by atoms with Gasteiger partial charge in [-0.3, -0.25) is 9.59 Å². The van der Waals surface area contributed by atoms with E-state index < -0.39 is 0 Å². The molecule has 1 heterocycles. The number of anilines is 2. The van der Waals surface area contributed by atoms with Crippen molar-refractivity contribution < 1.29 is 9.59 Å². The molecule has 0 radical (unpaired) electrons. The molecule has 2 amide bonds. The van der Waals surface area contributed by atoms with Crippen molar-refractivity contribution in [1.82, 2.24) is 4.98 Å². The highest BCUT2D eigenvalue weighted by Crippen LogP contribution is 2.10. The Bertz CT molecular complexity index is 918. The number of carbonyl (C=O) groups is 2. The lowest BCUT2D eigenvalue weighted by atomic mass is 10.2. The minimum absolute atomic E-state index is 0.302. The molecule has 0 fully saturated rings. The van der Waals surface area contributed by atoms with Gasteiger partial charge in [-0.05, 0) is 35.4 Å². The molecule has 1 aromatic heterocycles. The van der Waals surface area contributed by atoms with Crippen molar-refractivity contribution in [3.8, 4) is 0 Å². The van der Waals surface area contributed by atoms with Crippen LogP contribution in [0.5, 0.6) is 0 Å². The van der Waals surface area contributed by atoms with Crippen LogP contribution in [0.25, 0.3) is 12.2 Å². The monoisotopic (exact) mass is 369 g/mol. The first-order valence-corrected chi connectivity index (χ1v) is 8.74. The van der Waals surface area contributed by atoms with Gasteiger partial charge in [0, 0.05) is 12.2 Å². The van der Waals surface area contributed by atoms with Crippen LogP contribution < -0.4 is 10.6 Å². The summed E-state index contributed by atoms with van der Waals surface area (Å²) in [5.74, 6) is 0.104. The maximum absolute atomic E-state index is 12.0. The molecule has 3 rings (SSSR count). The van der Waals surface area contributed by atoms with Crippen molar-refractivity contribution in [2.45, 2.75) is 0 Å². The third-order valence-corrected chi connectivity index (χ3v) is 3.71. The maximum atomic E-state index is 12.0. The standard InChI is InChI=1S/C23H19N3O2/c27-22(16-14-18-8-3-1-4-9-18)25-20-12-7-13-21(24-20)26-23(28)17-15-19-10-5-2-6-11-19/h1-17H,(H2,24,25,26,27,28). The highest BCUT2D eigenvalue weighted by Gasteiger charge is 2.03. The van der Waals surface area contributed by atoms with Gasteiger partial charge in [-0.15, -0.1) is 0 Å². The van der Waals surface area contributed by atoms with E-state index in [-0.39, 0.29) is 11.8 Å². The lowest BCUT2D eigenvalue weighted by molar-refractivity contribution is -0.112. The fraction of sp³-hybridized carbons (Fsp3) is 0. The van der Waals surface area contributed by atoms with Crippen LogP contribution in [0.1, 0.15) is 11.1 Å². The number of amides is 2. The lowest BCUT2D eigenvalue weighted by Crippen LogP contribution is -2.12. The molecule has 138 valence electrons. The number of rotatable bonds is 6. The Morgan fingerprint density at radius 2 is 1.04 bits per heavy atom. The van der Waals surface area contributed by atoms with Crippen molar-refractivity contribution in [3.05, 3.63) is 102 Å². The Morgan fingerprint density at radius 1 is 0.607 bits per heavy atom. The molecule has 28 heavy (non-hydrogen) atoms. The Kier molecular flexibility index (Phi) is 6.47. The van der Waals surface area contributed by atoms with E-state index in [2.05, 4.69) is 15.6 Å². The van der Waals surface area contributed by atoms with E-state index >= 15 is 0 Å². The number of nitrogens with zero attached hydrogens (tertiary/aromatic N) is 1. The molecule has 0 atom stereocenters. The molecular formula is C23H19N3O2. The Balaban J connectivity index is 1.57. The van der Waals surface area contributed by atoms with E-state index in [1.165, 1.54) is 12.2 Å². The summed E-state index contributed by atoms with van der Waals surface area (Å²) in [4.78, 5) is 28.3. The molecular weight excluding hydrogens is 350 g/mol. The summed E-state index contributed by atoms with van der Waals surface area (Å²) in [6.45, 7) is 0. The zero-order valence-corrected chi connectivity index (χ0v) is 15.1. The molecule has 2 aromatic carbocycles. The topological polar surface area (TPSA) is 71.1 Å². The van der Waals surface area contributed by atoms with Gasteiger partial charge in [0.1, 0.15) is 11.6 Å². The number of hydrogen-bond acceptors (Lipinski definition) is 3. The van der Waals surface area contributed by atoms with Crippen LogP contribution in [0.4, 0.5) is 11.6 Å². The third kappa shape index (κ3) is 6.07. The number of nitrogens with one attached hydrogen (secondary N) is 2. The van der Waals surface area contributed by atoms with Gasteiger partial charge in [0.25, 0.3) is 0 Å². The molecule has 5 heteroatoms. The minimum Gasteiger partial charge on any atom is -0.307 e. The van der Waals surface area contributed by atoms with Crippen molar-refractivity contribution in [2.24, 2.45) is 0 Å². The largest absolute Gasteiger partial charge is 0.307 e. The highest BCUT2D eigenvalue weighted by atomic mass is 16.2. The van der Waals surface area contributed by atoms with Crippen LogP contribution in [0.15, 0.2) is 91.0 Å². The lowest BCUT2D eigenvalue weighted by Gasteiger charge is -2.05. The predicted octanol–water partition coefficient (Wildman–Crippen LogP) is 4.39. The molecule has 0 aliphatic carbocycles. The number of pyridine rings is 1. The molecule has 0 aliphatic heterocycles. The fourth-order valence-corrected chi connectivity index (χ4v) is 2.38. The summed E-state index contributed by atoms with van der Waals surface area (Å²) in [5.41, 5.74) is 1.86. The minimum atomic E-state index is -0.302. The molecule has 2 N–H and O–H groups in total. The first-order chi connectivity index (χ1) is 13.7. The number of benzene rings is 2. The van der Waals surface area contributed by atoms with Gasteiger partial charge in [-0.1, -0.05) is 66.7 Å². The summed E-state index contributed by atoms with van der Waals surface area (Å²) >= 11 is 0. The molecule has 0 bridgehead atoms. The number of aromatic nitrogens is 1. The molecule has 0 saturated carbocycles. The van der Waals surface area contributed by atoms with Crippen molar-refractivity contribution >= 4 is 35.6 Å². The van der Waals surface area contributed by atoms with Crippen LogP contribution >= 0.6 is 0 Å². The second-order valence-electron chi connectivity index (χ2n) is 5.87. The first kappa shape index (κ1) is 18.8. The molecule has 0 saturated heterocycles. The second kappa shape index (κ2) is 9.64. The Morgan fingerprint density at radius 3 is 1.46 bits per heavy atom. The predicted molar refractivity (Wildman–Crippen MR) is 112 cm³/mol. The van der Waals surface area contributed by atoms with Gasteiger partial charge in [0.15, 0.2) is 0 Å². The first-order valence-electron chi connectivity index (χ1n) is 8.74. The van der Waals surface area contributed by atoms with E-state index in [9.17, 15) is 9.59 Å². The van der Waals surface area contributed by atoms with Gasteiger partial charge in [0.2, 0.25) is 11.8 Å². The van der Waals surface area contributed by atoms with Crippen molar-refractivity contribution in [2.75, 3.05) is 10.6 Å². The normalized spacial score (nSPS) is 10.9. The number of carbonyl (C=O) groups excluding carboxylic acids is 2. The Hall–Kier alpha value is -3.99. The fourth-order valence-electron chi connectivity index (χ4n) is 2.38. The third-order valence-electron chi connectivity index (χ3n) is 3.71. The van der Waals surface area contributed by atoms with E-state index in [0.717, 1.165) is 11.1 Å². The zero-order chi connectivity index (χ0) is 19.6. The quantitative estimate of drug-likeness (QED) is 0.633. The average Bonchev–Trinajstić information content (AvgIpc) is 2.72. The smallest absolute Gasteiger partial charge is 0.249 e. The van der Waals surface area contributed by atoms with E-state index in [1.54, 1.807) is 30.4 Å². The Labute approximate surface area is 163 Å². The van der Waals surface area contributed by atoms with Crippen LogP contribution in [-0.4, -0.2) is 16.8 Å². The average molecular weight is 369 g/mol.